The predicted molar refractivity (Wildman–Crippen MR) is 104 cm³/mol. The lowest BCUT2D eigenvalue weighted by Crippen LogP contribution is -2.52. The largest absolute Gasteiger partial charge is 0.398 e. The normalized spacial score (nSPS) is 20.8. The summed E-state index contributed by atoms with van der Waals surface area (Å²) in [6, 6.07) is 9.81. The van der Waals surface area contributed by atoms with Crippen LogP contribution in [-0.2, 0) is 22.7 Å². The van der Waals surface area contributed by atoms with Crippen LogP contribution in [-0.4, -0.2) is 34.6 Å². The van der Waals surface area contributed by atoms with Gasteiger partial charge in [0.1, 0.15) is 6.04 Å². The van der Waals surface area contributed by atoms with Gasteiger partial charge in [0.05, 0.1) is 12.2 Å². The molecule has 3 aliphatic heterocycles. The number of fused-ring (bicyclic) bond motifs is 2. The zero-order valence-corrected chi connectivity index (χ0v) is 15.5. The lowest BCUT2D eigenvalue weighted by Gasteiger charge is -2.29. The number of carbonyl (C=O) groups is 4. The molecule has 3 heterocycles. The van der Waals surface area contributed by atoms with Gasteiger partial charge in [-0.2, -0.15) is 0 Å². The van der Waals surface area contributed by atoms with Crippen molar-refractivity contribution >= 4 is 35.0 Å². The molecule has 1 unspecified atom stereocenters. The quantitative estimate of drug-likeness (QED) is 0.591. The van der Waals surface area contributed by atoms with Gasteiger partial charge >= 0.3 is 0 Å². The highest BCUT2D eigenvalue weighted by atomic mass is 16.2. The number of rotatable bonds is 2. The molecule has 8 heteroatoms. The van der Waals surface area contributed by atoms with Crippen LogP contribution in [0.1, 0.15) is 44.7 Å². The minimum absolute atomic E-state index is 0.160. The van der Waals surface area contributed by atoms with E-state index in [1.54, 1.807) is 41.3 Å². The summed E-state index contributed by atoms with van der Waals surface area (Å²) >= 11 is 0. The number of hydrogen-bond acceptors (Lipinski definition) is 5. The number of piperidine rings is 1. The maximum atomic E-state index is 13.0. The number of nitrogen functional groups attached to an aromatic ring is 1. The van der Waals surface area contributed by atoms with E-state index in [0.29, 0.717) is 41.0 Å². The van der Waals surface area contributed by atoms with Gasteiger partial charge in [0.15, 0.2) is 0 Å². The van der Waals surface area contributed by atoms with Crippen LogP contribution in [0.3, 0.4) is 0 Å². The molecule has 0 aliphatic carbocycles. The third-order valence-corrected chi connectivity index (χ3v) is 5.85. The molecule has 1 atom stereocenters. The summed E-state index contributed by atoms with van der Waals surface area (Å²) in [6.07, 6.45) is 0.493. The van der Waals surface area contributed by atoms with Crippen LogP contribution < -0.4 is 16.0 Å². The van der Waals surface area contributed by atoms with Crippen molar-refractivity contribution in [3.63, 3.8) is 0 Å². The Morgan fingerprint density at radius 1 is 0.897 bits per heavy atom. The Balaban J connectivity index is 1.50. The zero-order valence-electron chi connectivity index (χ0n) is 15.5. The Morgan fingerprint density at radius 3 is 2.34 bits per heavy atom. The highest BCUT2D eigenvalue weighted by molar-refractivity contribution is 6.13. The number of nitrogens with one attached hydrogen (secondary N) is 1. The lowest BCUT2D eigenvalue weighted by atomic mass is 10.0. The van der Waals surface area contributed by atoms with Gasteiger partial charge in [-0.15, -0.1) is 0 Å². The first-order chi connectivity index (χ1) is 14.0. The van der Waals surface area contributed by atoms with Gasteiger partial charge in [-0.05, 0) is 30.7 Å². The number of benzene rings is 2. The Hall–Kier alpha value is -3.68. The molecule has 4 amide bonds. The van der Waals surface area contributed by atoms with E-state index in [-0.39, 0.29) is 30.7 Å². The van der Waals surface area contributed by atoms with E-state index < -0.39 is 11.9 Å². The first-order valence-corrected chi connectivity index (χ1v) is 9.41. The first kappa shape index (κ1) is 17.4. The summed E-state index contributed by atoms with van der Waals surface area (Å²) in [5.41, 5.74) is 9.78. The molecule has 0 aromatic heterocycles. The number of nitrogens with two attached hydrogens (primary N) is 1. The molecule has 1 fully saturated rings. The average Bonchev–Trinajstić information content (AvgIpc) is 3.21. The first-order valence-electron chi connectivity index (χ1n) is 9.41. The standard InChI is InChI=1S/C21H18N4O4/c22-15-5-1-3-11-13(15)9-24(20(11)28)16-6-2-4-12-14(16)10-25(21(12)29)17-7-8-18(26)23-19(17)27/h1-6,17H,7-10,22H2,(H,23,26,27). The van der Waals surface area contributed by atoms with Crippen LogP contribution in [0.25, 0.3) is 0 Å². The van der Waals surface area contributed by atoms with Crippen molar-refractivity contribution in [1.82, 2.24) is 10.2 Å². The second-order valence-electron chi connectivity index (χ2n) is 7.47. The van der Waals surface area contributed by atoms with Crippen molar-refractivity contribution in [2.45, 2.75) is 32.0 Å². The van der Waals surface area contributed by atoms with E-state index in [0.717, 1.165) is 5.56 Å². The molecule has 0 bridgehead atoms. The summed E-state index contributed by atoms with van der Waals surface area (Å²) < 4.78 is 0. The molecule has 2 aromatic rings. The SMILES string of the molecule is Nc1cccc2c1CN(c1cccc3c1CN(C1CCC(=O)NC1=O)C3=O)C2=O. The minimum atomic E-state index is -0.692. The van der Waals surface area contributed by atoms with Crippen LogP contribution in [0.4, 0.5) is 11.4 Å². The smallest absolute Gasteiger partial charge is 0.259 e. The molecule has 0 saturated carbocycles. The van der Waals surface area contributed by atoms with E-state index in [9.17, 15) is 19.2 Å². The van der Waals surface area contributed by atoms with E-state index in [1.807, 2.05) is 0 Å². The summed E-state index contributed by atoms with van der Waals surface area (Å²) in [5.74, 6) is -1.21. The van der Waals surface area contributed by atoms with Crippen molar-refractivity contribution in [1.29, 1.82) is 0 Å². The molecule has 5 rings (SSSR count). The second kappa shape index (κ2) is 6.16. The third-order valence-electron chi connectivity index (χ3n) is 5.85. The van der Waals surface area contributed by atoms with E-state index in [4.69, 9.17) is 5.73 Å². The number of hydrogen-bond donors (Lipinski definition) is 2. The average molecular weight is 390 g/mol. The van der Waals surface area contributed by atoms with Gasteiger partial charge in [0.25, 0.3) is 11.8 Å². The number of carbonyl (C=O) groups excluding carboxylic acids is 4. The Kier molecular flexibility index (Phi) is 3.70. The van der Waals surface area contributed by atoms with Gasteiger partial charge in [0, 0.05) is 40.9 Å². The summed E-state index contributed by atoms with van der Waals surface area (Å²) in [4.78, 5) is 52.8. The highest BCUT2D eigenvalue weighted by Gasteiger charge is 2.41. The zero-order chi connectivity index (χ0) is 20.3. The molecular weight excluding hydrogens is 372 g/mol. The number of anilines is 2. The third kappa shape index (κ3) is 2.52. The van der Waals surface area contributed by atoms with Crippen molar-refractivity contribution in [2.75, 3.05) is 10.6 Å². The second-order valence-corrected chi connectivity index (χ2v) is 7.47. The monoisotopic (exact) mass is 390 g/mol. The van der Waals surface area contributed by atoms with Gasteiger partial charge in [-0.25, -0.2) is 0 Å². The molecule has 3 aliphatic rings. The van der Waals surface area contributed by atoms with Crippen LogP contribution in [0.15, 0.2) is 36.4 Å². The minimum Gasteiger partial charge on any atom is -0.398 e. The molecule has 2 aromatic carbocycles. The number of amides is 4. The predicted octanol–water partition coefficient (Wildman–Crippen LogP) is 1.19. The summed E-state index contributed by atoms with van der Waals surface area (Å²) in [5, 5.41) is 2.30. The van der Waals surface area contributed by atoms with E-state index in [1.165, 1.54) is 4.90 Å². The fourth-order valence-corrected chi connectivity index (χ4v) is 4.37. The van der Waals surface area contributed by atoms with Crippen molar-refractivity contribution < 1.29 is 19.2 Å². The highest BCUT2D eigenvalue weighted by Crippen LogP contribution is 2.38. The van der Waals surface area contributed by atoms with Crippen LogP contribution in [0, 0.1) is 0 Å². The molecule has 8 nitrogen and oxygen atoms in total. The molecule has 0 radical (unpaired) electrons. The Labute approximate surface area is 166 Å². The fourth-order valence-electron chi connectivity index (χ4n) is 4.37. The lowest BCUT2D eigenvalue weighted by molar-refractivity contribution is -0.136. The summed E-state index contributed by atoms with van der Waals surface area (Å²) in [7, 11) is 0. The summed E-state index contributed by atoms with van der Waals surface area (Å²) in [6.45, 7) is 0.552. The molecular formula is C21H18N4O4. The molecule has 29 heavy (non-hydrogen) atoms. The van der Waals surface area contributed by atoms with Gasteiger partial charge in [-0.3, -0.25) is 24.5 Å². The van der Waals surface area contributed by atoms with E-state index >= 15 is 0 Å². The van der Waals surface area contributed by atoms with Gasteiger partial charge in [-0.1, -0.05) is 12.1 Å². The van der Waals surface area contributed by atoms with Crippen LogP contribution >= 0.6 is 0 Å². The molecule has 3 N–H and O–H groups in total. The number of imide groups is 1. The number of nitrogens with zero attached hydrogens (tertiary/aromatic N) is 2. The van der Waals surface area contributed by atoms with Crippen molar-refractivity contribution in [3.05, 3.63) is 58.7 Å². The Morgan fingerprint density at radius 2 is 1.62 bits per heavy atom. The van der Waals surface area contributed by atoms with Gasteiger partial charge < -0.3 is 15.5 Å². The van der Waals surface area contributed by atoms with Crippen molar-refractivity contribution in [3.8, 4) is 0 Å². The van der Waals surface area contributed by atoms with E-state index in [2.05, 4.69) is 5.32 Å². The van der Waals surface area contributed by atoms with Crippen LogP contribution in [0.5, 0.6) is 0 Å². The van der Waals surface area contributed by atoms with Gasteiger partial charge in [0.2, 0.25) is 11.8 Å². The molecule has 146 valence electrons. The maximum Gasteiger partial charge on any atom is 0.259 e. The topological polar surface area (TPSA) is 113 Å². The Bertz CT molecular complexity index is 1110. The van der Waals surface area contributed by atoms with Crippen molar-refractivity contribution in [2.24, 2.45) is 0 Å². The van der Waals surface area contributed by atoms with Crippen LogP contribution in [0.2, 0.25) is 0 Å². The molecule has 1 saturated heterocycles. The molecule has 0 spiro atoms. The maximum absolute atomic E-state index is 13.0. The fraction of sp³-hybridized carbons (Fsp3) is 0.238.